The number of nitrogens with zero attached hydrogens (tertiary/aromatic N) is 1. The molecule has 0 fully saturated rings. The van der Waals surface area contributed by atoms with Gasteiger partial charge in [0.25, 0.3) is 0 Å². The van der Waals surface area contributed by atoms with Crippen LogP contribution in [0.15, 0.2) is 24.3 Å². The maximum Gasteiger partial charge on any atom is 0.0615 e. The van der Waals surface area contributed by atoms with Crippen LogP contribution >= 0.6 is 0 Å². The van der Waals surface area contributed by atoms with Gasteiger partial charge in [-0.2, -0.15) is 0 Å². The lowest BCUT2D eigenvalue weighted by Gasteiger charge is -2.27. The first-order chi connectivity index (χ1) is 8.71. The van der Waals surface area contributed by atoms with Crippen molar-refractivity contribution in [3.8, 4) is 0 Å². The minimum Gasteiger partial charge on any atom is -0.383 e. The van der Waals surface area contributed by atoms with E-state index in [9.17, 15) is 0 Å². The summed E-state index contributed by atoms with van der Waals surface area (Å²) in [5.74, 6) is 0. The standard InChI is InChI=1S/C15H26N2O/c1-4-17(13(2)12-18-3)11-15-7-5-14(6-8-15)9-10-16/h5-8,13H,4,9-12,16H2,1-3H3. The van der Waals surface area contributed by atoms with Crippen molar-refractivity contribution in [2.24, 2.45) is 5.73 Å². The van der Waals surface area contributed by atoms with Crippen LogP contribution in [0.5, 0.6) is 0 Å². The first kappa shape index (κ1) is 15.2. The molecule has 0 amide bonds. The number of ether oxygens (including phenoxy) is 1. The Morgan fingerprint density at radius 1 is 1.22 bits per heavy atom. The molecule has 0 aliphatic carbocycles. The van der Waals surface area contributed by atoms with Gasteiger partial charge in [-0.05, 0) is 37.6 Å². The van der Waals surface area contributed by atoms with Crippen molar-refractivity contribution >= 4 is 0 Å². The molecule has 0 aromatic heterocycles. The fourth-order valence-electron chi connectivity index (χ4n) is 2.14. The molecular weight excluding hydrogens is 224 g/mol. The molecule has 1 aromatic rings. The maximum atomic E-state index is 5.55. The number of benzene rings is 1. The average Bonchev–Trinajstić information content (AvgIpc) is 2.38. The van der Waals surface area contributed by atoms with E-state index in [2.05, 4.69) is 43.0 Å². The summed E-state index contributed by atoms with van der Waals surface area (Å²) in [7, 11) is 1.76. The minimum atomic E-state index is 0.448. The lowest BCUT2D eigenvalue weighted by molar-refractivity contribution is 0.0982. The first-order valence-electron chi connectivity index (χ1n) is 6.72. The zero-order valence-electron chi connectivity index (χ0n) is 11.9. The third-order valence-electron chi connectivity index (χ3n) is 3.28. The number of rotatable bonds is 8. The molecule has 18 heavy (non-hydrogen) atoms. The summed E-state index contributed by atoms with van der Waals surface area (Å²) in [5, 5.41) is 0. The molecule has 0 aliphatic rings. The van der Waals surface area contributed by atoms with E-state index in [-0.39, 0.29) is 0 Å². The van der Waals surface area contributed by atoms with Gasteiger partial charge in [0.05, 0.1) is 6.61 Å². The number of nitrogens with two attached hydrogens (primary N) is 1. The summed E-state index contributed by atoms with van der Waals surface area (Å²) in [4.78, 5) is 2.42. The lowest BCUT2D eigenvalue weighted by Crippen LogP contribution is -2.35. The molecule has 0 saturated carbocycles. The molecule has 102 valence electrons. The number of hydrogen-bond donors (Lipinski definition) is 1. The van der Waals surface area contributed by atoms with Crippen LogP contribution in [0.4, 0.5) is 0 Å². The highest BCUT2D eigenvalue weighted by Crippen LogP contribution is 2.10. The number of methoxy groups -OCH3 is 1. The van der Waals surface area contributed by atoms with Gasteiger partial charge in [-0.1, -0.05) is 31.2 Å². The molecule has 0 saturated heterocycles. The Bertz CT molecular complexity index is 324. The largest absolute Gasteiger partial charge is 0.383 e. The fraction of sp³-hybridized carbons (Fsp3) is 0.600. The second-order valence-corrected chi connectivity index (χ2v) is 4.72. The molecule has 0 aliphatic heterocycles. The van der Waals surface area contributed by atoms with E-state index < -0.39 is 0 Å². The Hall–Kier alpha value is -0.900. The molecular formula is C15H26N2O. The van der Waals surface area contributed by atoms with E-state index in [0.717, 1.165) is 26.1 Å². The van der Waals surface area contributed by atoms with Crippen LogP contribution in [0.1, 0.15) is 25.0 Å². The van der Waals surface area contributed by atoms with Crippen molar-refractivity contribution in [2.75, 3.05) is 26.8 Å². The van der Waals surface area contributed by atoms with E-state index in [1.807, 2.05) is 0 Å². The SMILES string of the molecule is CCN(Cc1ccc(CCN)cc1)C(C)COC. The first-order valence-corrected chi connectivity index (χ1v) is 6.72. The van der Waals surface area contributed by atoms with Gasteiger partial charge < -0.3 is 10.5 Å². The number of likely N-dealkylation sites (N-methyl/N-ethyl adjacent to an activating group) is 1. The summed E-state index contributed by atoms with van der Waals surface area (Å²) in [5.41, 5.74) is 8.21. The zero-order valence-corrected chi connectivity index (χ0v) is 11.9. The average molecular weight is 250 g/mol. The Morgan fingerprint density at radius 3 is 2.33 bits per heavy atom. The fourth-order valence-corrected chi connectivity index (χ4v) is 2.14. The van der Waals surface area contributed by atoms with Crippen molar-refractivity contribution in [1.82, 2.24) is 4.90 Å². The molecule has 1 aromatic carbocycles. The summed E-state index contributed by atoms with van der Waals surface area (Å²) in [6.07, 6.45) is 0.956. The maximum absolute atomic E-state index is 5.55. The molecule has 1 rings (SSSR count). The summed E-state index contributed by atoms with van der Waals surface area (Å²) in [6, 6.07) is 9.21. The molecule has 3 heteroatoms. The van der Waals surface area contributed by atoms with Crippen molar-refractivity contribution < 1.29 is 4.74 Å². The van der Waals surface area contributed by atoms with Crippen LogP contribution in [0.3, 0.4) is 0 Å². The summed E-state index contributed by atoms with van der Waals surface area (Å²) < 4.78 is 5.22. The summed E-state index contributed by atoms with van der Waals surface area (Å²) in [6.45, 7) is 7.90. The molecule has 0 radical (unpaired) electrons. The zero-order chi connectivity index (χ0) is 13.4. The predicted molar refractivity (Wildman–Crippen MR) is 76.6 cm³/mol. The Balaban J connectivity index is 2.58. The van der Waals surface area contributed by atoms with Gasteiger partial charge in [0.1, 0.15) is 0 Å². The third-order valence-corrected chi connectivity index (χ3v) is 3.28. The van der Waals surface area contributed by atoms with E-state index in [1.165, 1.54) is 11.1 Å². The highest BCUT2D eigenvalue weighted by Gasteiger charge is 2.11. The smallest absolute Gasteiger partial charge is 0.0615 e. The molecule has 2 N–H and O–H groups in total. The van der Waals surface area contributed by atoms with Crippen LogP contribution in [0.2, 0.25) is 0 Å². The van der Waals surface area contributed by atoms with Crippen LogP contribution in [-0.2, 0) is 17.7 Å². The van der Waals surface area contributed by atoms with E-state index in [0.29, 0.717) is 12.6 Å². The van der Waals surface area contributed by atoms with Gasteiger partial charge in [0.15, 0.2) is 0 Å². The second-order valence-electron chi connectivity index (χ2n) is 4.72. The van der Waals surface area contributed by atoms with E-state index in [4.69, 9.17) is 10.5 Å². The molecule has 0 heterocycles. The van der Waals surface area contributed by atoms with Gasteiger partial charge in [-0.25, -0.2) is 0 Å². The lowest BCUT2D eigenvalue weighted by atomic mass is 10.1. The van der Waals surface area contributed by atoms with Gasteiger partial charge in [-0.3, -0.25) is 4.90 Å². The van der Waals surface area contributed by atoms with Crippen molar-refractivity contribution in [1.29, 1.82) is 0 Å². The quantitative estimate of drug-likeness (QED) is 0.767. The van der Waals surface area contributed by atoms with Crippen LogP contribution < -0.4 is 5.73 Å². The summed E-state index contributed by atoms with van der Waals surface area (Å²) >= 11 is 0. The third kappa shape index (κ3) is 4.77. The van der Waals surface area contributed by atoms with E-state index in [1.54, 1.807) is 7.11 Å². The minimum absolute atomic E-state index is 0.448. The van der Waals surface area contributed by atoms with Crippen LogP contribution in [0.25, 0.3) is 0 Å². The van der Waals surface area contributed by atoms with Crippen molar-refractivity contribution in [2.45, 2.75) is 32.9 Å². The molecule has 1 atom stereocenters. The topological polar surface area (TPSA) is 38.5 Å². The second kappa shape index (κ2) is 8.25. The number of hydrogen-bond acceptors (Lipinski definition) is 3. The molecule has 3 nitrogen and oxygen atoms in total. The van der Waals surface area contributed by atoms with Crippen molar-refractivity contribution in [3.63, 3.8) is 0 Å². The molecule has 0 spiro atoms. The monoisotopic (exact) mass is 250 g/mol. The normalized spacial score (nSPS) is 12.9. The Morgan fingerprint density at radius 2 is 1.83 bits per heavy atom. The molecule has 1 unspecified atom stereocenters. The van der Waals surface area contributed by atoms with Gasteiger partial charge in [0, 0.05) is 19.7 Å². The van der Waals surface area contributed by atoms with Gasteiger partial charge >= 0.3 is 0 Å². The van der Waals surface area contributed by atoms with Gasteiger partial charge in [0.2, 0.25) is 0 Å². The van der Waals surface area contributed by atoms with Crippen molar-refractivity contribution in [3.05, 3.63) is 35.4 Å². The predicted octanol–water partition coefficient (Wildman–Crippen LogP) is 2.04. The Kier molecular flexibility index (Phi) is 6.94. The van der Waals surface area contributed by atoms with Gasteiger partial charge in [-0.15, -0.1) is 0 Å². The Labute approximate surface area is 111 Å². The van der Waals surface area contributed by atoms with E-state index >= 15 is 0 Å². The highest BCUT2D eigenvalue weighted by molar-refractivity contribution is 5.22. The highest BCUT2D eigenvalue weighted by atomic mass is 16.5. The van der Waals surface area contributed by atoms with Crippen LogP contribution in [-0.4, -0.2) is 37.7 Å². The van der Waals surface area contributed by atoms with Crippen LogP contribution in [0, 0.1) is 0 Å². The molecule has 0 bridgehead atoms.